The summed E-state index contributed by atoms with van der Waals surface area (Å²) in [6, 6.07) is 3.66. The van der Waals surface area contributed by atoms with Crippen molar-refractivity contribution in [3.05, 3.63) is 24.2 Å². The van der Waals surface area contributed by atoms with Gasteiger partial charge in [0, 0.05) is 0 Å². The highest BCUT2D eigenvalue weighted by Gasteiger charge is 1.99. The molecule has 0 spiro atoms. The number of nitrogens with two attached hydrogens (primary N) is 1. The van der Waals surface area contributed by atoms with Gasteiger partial charge < -0.3 is 4.42 Å². The van der Waals surface area contributed by atoms with Crippen LogP contribution in [-0.4, -0.2) is 10.5 Å². The molecule has 0 radical (unpaired) electrons. The van der Waals surface area contributed by atoms with Gasteiger partial charge in [0.1, 0.15) is 5.76 Å². The Hall–Kier alpha value is -0.910. The highest BCUT2D eigenvalue weighted by molar-refractivity contribution is 7.78. The van der Waals surface area contributed by atoms with Crippen LogP contribution in [0.15, 0.2) is 22.8 Å². The smallest absolute Gasteiger partial charge is 0.124 e. The second-order valence-electron chi connectivity index (χ2n) is 1.94. The van der Waals surface area contributed by atoms with Gasteiger partial charge in [0.25, 0.3) is 0 Å². The van der Waals surface area contributed by atoms with Crippen molar-refractivity contribution >= 4 is 17.7 Å². The quantitative estimate of drug-likeness (QED) is 0.390. The first-order valence-electron chi connectivity index (χ1n) is 3.07. The van der Waals surface area contributed by atoms with Crippen molar-refractivity contribution < 1.29 is 4.42 Å². The van der Waals surface area contributed by atoms with Crippen molar-refractivity contribution in [2.24, 2.45) is 5.84 Å². The fraction of sp³-hybridized carbons (Fsp3) is 0.167. The van der Waals surface area contributed by atoms with Gasteiger partial charge in [-0.25, -0.2) is 0 Å². The van der Waals surface area contributed by atoms with Crippen molar-refractivity contribution in [2.75, 3.05) is 0 Å². The molecular formula is C6H9N3OS. The monoisotopic (exact) mass is 171 g/mol. The van der Waals surface area contributed by atoms with Crippen LogP contribution in [0.4, 0.5) is 0 Å². The molecule has 0 unspecified atom stereocenters. The first-order chi connectivity index (χ1) is 5.36. The average Bonchev–Trinajstić information content (AvgIpc) is 2.52. The zero-order valence-corrected chi connectivity index (χ0v) is 6.67. The van der Waals surface area contributed by atoms with Crippen molar-refractivity contribution in [1.29, 1.82) is 0 Å². The predicted molar refractivity (Wildman–Crippen MR) is 45.2 cm³/mol. The number of hydrogen-bond donors (Lipinski definition) is 2. The minimum atomic E-state index is 0.535. The standard InChI is InChI=1S/C6H9N3OS/c7-8-9(5-11)4-6-2-1-3-10-6/h1-3,5,8H,4,7H2. The Morgan fingerprint density at radius 2 is 2.64 bits per heavy atom. The molecule has 0 atom stereocenters. The lowest BCUT2D eigenvalue weighted by atomic mass is 10.4. The molecule has 0 amide bonds. The highest BCUT2D eigenvalue weighted by atomic mass is 32.1. The maximum absolute atomic E-state index is 5.14. The molecule has 1 rings (SSSR count). The molecule has 4 nitrogen and oxygen atoms in total. The largest absolute Gasteiger partial charge is 0.467 e. The molecule has 11 heavy (non-hydrogen) atoms. The van der Waals surface area contributed by atoms with Crippen molar-refractivity contribution in [1.82, 2.24) is 10.5 Å². The second-order valence-corrected chi connectivity index (χ2v) is 2.15. The molecule has 0 aromatic carbocycles. The number of nitrogens with one attached hydrogen (secondary N) is 1. The van der Waals surface area contributed by atoms with Crippen molar-refractivity contribution in [2.45, 2.75) is 6.54 Å². The normalized spacial score (nSPS) is 9.55. The SMILES string of the molecule is NNN(C=S)Cc1ccco1. The maximum atomic E-state index is 5.14. The van der Waals surface area contributed by atoms with Gasteiger partial charge in [0.2, 0.25) is 0 Å². The third-order valence-corrected chi connectivity index (χ3v) is 1.45. The van der Waals surface area contributed by atoms with E-state index in [-0.39, 0.29) is 0 Å². The first-order valence-corrected chi connectivity index (χ1v) is 3.54. The third-order valence-electron chi connectivity index (χ3n) is 1.20. The van der Waals surface area contributed by atoms with E-state index in [2.05, 4.69) is 17.8 Å². The Morgan fingerprint density at radius 3 is 3.09 bits per heavy atom. The van der Waals surface area contributed by atoms with Gasteiger partial charge in [-0.3, -0.25) is 10.9 Å². The predicted octanol–water partition coefficient (Wildman–Crippen LogP) is 0.417. The van der Waals surface area contributed by atoms with Crippen LogP contribution in [0.2, 0.25) is 0 Å². The molecule has 0 bridgehead atoms. The number of nitrogens with zero attached hydrogens (tertiary/aromatic N) is 1. The minimum Gasteiger partial charge on any atom is -0.467 e. The van der Waals surface area contributed by atoms with Gasteiger partial charge in [0.05, 0.1) is 18.3 Å². The van der Waals surface area contributed by atoms with Crippen LogP contribution in [0.1, 0.15) is 5.76 Å². The summed E-state index contributed by atoms with van der Waals surface area (Å²) in [5.74, 6) is 5.95. The molecule has 0 aliphatic carbocycles. The summed E-state index contributed by atoms with van der Waals surface area (Å²) in [5, 5.41) is 1.54. The molecule has 5 heteroatoms. The van der Waals surface area contributed by atoms with E-state index in [0.29, 0.717) is 6.54 Å². The Balaban J connectivity index is 2.47. The number of furan rings is 1. The topological polar surface area (TPSA) is 54.4 Å². The van der Waals surface area contributed by atoms with Crippen LogP contribution in [0.3, 0.4) is 0 Å². The van der Waals surface area contributed by atoms with E-state index < -0.39 is 0 Å². The van der Waals surface area contributed by atoms with E-state index in [0.717, 1.165) is 5.76 Å². The molecule has 60 valence electrons. The van der Waals surface area contributed by atoms with Gasteiger partial charge in [-0.2, -0.15) is 5.53 Å². The molecule has 0 aliphatic heterocycles. The third kappa shape index (κ3) is 2.30. The second kappa shape index (κ2) is 4.07. The summed E-state index contributed by atoms with van der Waals surface area (Å²) in [4.78, 5) is 0. The minimum absolute atomic E-state index is 0.535. The lowest BCUT2D eigenvalue weighted by Gasteiger charge is -2.14. The van der Waals surface area contributed by atoms with Crippen molar-refractivity contribution in [3.63, 3.8) is 0 Å². The van der Waals surface area contributed by atoms with Crippen LogP contribution >= 0.6 is 12.2 Å². The zero-order valence-electron chi connectivity index (χ0n) is 5.86. The van der Waals surface area contributed by atoms with Crippen LogP contribution in [0.5, 0.6) is 0 Å². The van der Waals surface area contributed by atoms with Gasteiger partial charge >= 0.3 is 0 Å². The summed E-state index contributed by atoms with van der Waals surface area (Å²) in [5.41, 5.74) is 3.82. The molecule has 0 aliphatic rings. The van der Waals surface area contributed by atoms with Gasteiger partial charge in [0.15, 0.2) is 0 Å². The summed E-state index contributed by atoms with van der Waals surface area (Å²) in [6.07, 6.45) is 1.60. The van der Waals surface area contributed by atoms with E-state index in [4.69, 9.17) is 10.3 Å². The Kier molecular flexibility index (Phi) is 3.03. The fourth-order valence-corrected chi connectivity index (χ4v) is 0.819. The molecular weight excluding hydrogens is 162 g/mol. The van der Waals surface area contributed by atoms with Crippen LogP contribution in [-0.2, 0) is 6.54 Å². The molecule has 0 saturated heterocycles. The van der Waals surface area contributed by atoms with Crippen LogP contribution in [0.25, 0.3) is 0 Å². The van der Waals surface area contributed by atoms with E-state index in [1.807, 2.05) is 12.1 Å². The van der Waals surface area contributed by atoms with E-state index >= 15 is 0 Å². The molecule has 1 aromatic rings. The Labute approximate surface area is 69.9 Å². The lowest BCUT2D eigenvalue weighted by molar-refractivity contribution is 0.292. The Morgan fingerprint density at radius 1 is 1.82 bits per heavy atom. The number of rotatable bonds is 4. The number of hydrogen-bond acceptors (Lipinski definition) is 4. The van der Waals surface area contributed by atoms with Gasteiger partial charge in [-0.15, -0.1) is 0 Å². The van der Waals surface area contributed by atoms with Gasteiger partial charge in [-0.1, -0.05) is 12.2 Å². The molecule has 3 N–H and O–H groups in total. The zero-order chi connectivity index (χ0) is 8.10. The van der Waals surface area contributed by atoms with E-state index in [1.165, 1.54) is 10.5 Å². The lowest BCUT2D eigenvalue weighted by Crippen LogP contribution is -2.40. The number of hydrazine groups is 2. The van der Waals surface area contributed by atoms with Gasteiger partial charge in [-0.05, 0) is 12.1 Å². The van der Waals surface area contributed by atoms with Crippen molar-refractivity contribution in [3.8, 4) is 0 Å². The average molecular weight is 171 g/mol. The molecule has 1 aromatic heterocycles. The van der Waals surface area contributed by atoms with Crippen LogP contribution in [0, 0.1) is 0 Å². The number of thiocarbonyl (C=S) groups is 1. The summed E-state index contributed by atoms with van der Waals surface area (Å²) in [7, 11) is 0. The summed E-state index contributed by atoms with van der Waals surface area (Å²) >= 11 is 4.66. The highest BCUT2D eigenvalue weighted by Crippen LogP contribution is 2.01. The summed E-state index contributed by atoms with van der Waals surface area (Å²) in [6.45, 7) is 0.535. The first kappa shape index (κ1) is 8.19. The van der Waals surface area contributed by atoms with Crippen LogP contribution < -0.4 is 11.4 Å². The molecule has 0 fully saturated rings. The Bertz CT molecular complexity index is 212. The maximum Gasteiger partial charge on any atom is 0.124 e. The molecule has 0 saturated carbocycles. The fourth-order valence-electron chi connectivity index (χ4n) is 0.684. The van der Waals surface area contributed by atoms with E-state index in [1.54, 1.807) is 6.26 Å². The molecule has 1 heterocycles. The van der Waals surface area contributed by atoms with E-state index in [9.17, 15) is 0 Å². The summed E-state index contributed by atoms with van der Waals surface area (Å²) < 4.78 is 5.06.